The molecule has 182 valence electrons. The minimum atomic E-state index is -3.09. The average Bonchev–Trinajstić information content (AvgIpc) is 3.50. The molecule has 0 aliphatic carbocycles. The number of aryl methyl sites for hydroxylation is 1. The topological polar surface area (TPSA) is 129 Å². The van der Waals surface area contributed by atoms with Crippen LogP contribution in [0.4, 0.5) is 11.4 Å². The van der Waals surface area contributed by atoms with E-state index in [0.717, 1.165) is 31.6 Å². The number of sulfone groups is 1. The number of rotatable bonds is 7. The number of Topliss-reactive ketones (excluding diaryl/α,β-unsaturated/α-hetero) is 1. The Kier molecular flexibility index (Phi) is 6.48. The molecule has 1 atom stereocenters. The van der Waals surface area contributed by atoms with E-state index in [1.165, 1.54) is 12.1 Å². The van der Waals surface area contributed by atoms with Crippen molar-refractivity contribution < 1.29 is 27.7 Å². The molecule has 0 radical (unpaired) electrons. The van der Waals surface area contributed by atoms with E-state index in [4.69, 9.17) is 4.74 Å². The maximum absolute atomic E-state index is 12.9. The van der Waals surface area contributed by atoms with Crippen LogP contribution in [0.3, 0.4) is 0 Å². The van der Waals surface area contributed by atoms with Crippen molar-refractivity contribution in [3.8, 4) is 0 Å². The van der Waals surface area contributed by atoms with Gasteiger partial charge in [-0.15, -0.1) is 0 Å². The number of benzene rings is 1. The van der Waals surface area contributed by atoms with Gasteiger partial charge in [0.1, 0.15) is 0 Å². The monoisotopic (exact) mass is 489 g/mol. The molecule has 34 heavy (non-hydrogen) atoms. The molecule has 0 N–H and O–H groups in total. The summed E-state index contributed by atoms with van der Waals surface area (Å²) in [6.07, 6.45) is 2.41. The number of ketones is 1. The fourth-order valence-corrected chi connectivity index (χ4v) is 6.62. The van der Waals surface area contributed by atoms with Crippen LogP contribution in [0.5, 0.6) is 0 Å². The number of hydrogen-bond donors (Lipinski definition) is 0. The van der Waals surface area contributed by atoms with Crippen LogP contribution in [0.1, 0.15) is 57.4 Å². The summed E-state index contributed by atoms with van der Waals surface area (Å²) in [7, 11) is -3.09. The zero-order valence-electron chi connectivity index (χ0n) is 19.2. The van der Waals surface area contributed by atoms with Crippen molar-refractivity contribution in [2.24, 2.45) is 0 Å². The summed E-state index contributed by atoms with van der Waals surface area (Å²) >= 11 is 0. The van der Waals surface area contributed by atoms with Crippen molar-refractivity contribution in [2.45, 2.75) is 39.2 Å². The number of anilines is 1. The molecule has 0 saturated carbocycles. The predicted molar refractivity (Wildman–Crippen MR) is 125 cm³/mol. The van der Waals surface area contributed by atoms with Gasteiger partial charge < -0.3 is 14.2 Å². The van der Waals surface area contributed by atoms with Crippen molar-refractivity contribution in [2.75, 3.05) is 36.1 Å². The van der Waals surface area contributed by atoms with E-state index in [1.807, 2.05) is 16.4 Å². The third-order valence-corrected chi connectivity index (χ3v) is 8.30. The van der Waals surface area contributed by atoms with E-state index < -0.39 is 33.1 Å². The lowest BCUT2D eigenvalue weighted by molar-refractivity contribution is -0.384. The maximum Gasteiger partial charge on any atom is 0.340 e. The SMILES string of the molecule is Cc1cc(C(=O)COC(=O)c2cc([N+](=O)[O-])ccc2N2CCCC2)c(C)n1C1CCS(=O)(=O)C1. The zero-order valence-corrected chi connectivity index (χ0v) is 20.0. The summed E-state index contributed by atoms with van der Waals surface area (Å²) in [6.45, 7) is 4.51. The number of carbonyl (C=O) groups is 2. The second kappa shape index (κ2) is 9.21. The third kappa shape index (κ3) is 4.70. The minimum Gasteiger partial charge on any atom is -0.454 e. The average molecular weight is 490 g/mol. The summed E-state index contributed by atoms with van der Waals surface area (Å²) in [5, 5.41) is 11.2. The molecule has 3 heterocycles. The fraction of sp³-hybridized carbons (Fsp3) is 0.478. The van der Waals surface area contributed by atoms with Crippen LogP contribution in [0, 0.1) is 24.0 Å². The van der Waals surface area contributed by atoms with Gasteiger partial charge >= 0.3 is 5.97 Å². The Morgan fingerprint density at radius 3 is 2.47 bits per heavy atom. The van der Waals surface area contributed by atoms with Crippen LogP contribution in [0.25, 0.3) is 0 Å². The van der Waals surface area contributed by atoms with Crippen LogP contribution in [-0.4, -0.2) is 60.9 Å². The number of carbonyl (C=O) groups excluding carboxylic acids is 2. The highest BCUT2D eigenvalue weighted by molar-refractivity contribution is 7.91. The van der Waals surface area contributed by atoms with Gasteiger partial charge in [-0.3, -0.25) is 14.9 Å². The highest BCUT2D eigenvalue weighted by Gasteiger charge is 2.32. The molecule has 0 spiro atoms. The van der Waals surface area contributed by atoms with E-state index >= 15 is 0 Å². The second-order valence-corrected chi connectivity index (χ2v) is 11.1. The number of esters is 1. The first kappa shape index (κ1) is 23.9. The number of ether oxygens (including phenoxy) is 1. The van der Waals surface area contributed by atoms with Crippen molar-refractivity contribution in [3.05, 3.63) is 56.9 Å². The van der Waals surface area contributed by atoms with Gasteiger partial charge in [0.15, 0.2) is 16.4 Å². The molecule has 2 aliphatic rings. The summed E-state index contributed by atoms with van der Waals surface area (Å²) < 4.78 is 31.0. The Bertz CT molecular complexity index is 1260. The van der Waals surface area contributed by atoms with Gasteiger partial charge in [0.25, 0.3) is 5.69 Å². The van der Waals surface area contributed by atoms with Crippen molar-refractivity contribution >= 4 is 33.0 Å². The number of nitro benzene ring substituents is 1. The Balaban J connectivity index is 1.52. The Hall–Kier alpha value is -3.21. The summed E-state index contributed by atoms with van der Waals surface area (Å²) in [5.74, 6) is -1.05. The number of nitro groups is 1. The molecular formula is C23H27N3O7S. The molecule has 0 amide bonds. The van der Waals surface area contributed by atoms with Crippen LogP contribution < -0.4 is 4.90 Å². The molecule has 1 aromatic heterocycles. The van der Waals surface area contributed by atoms with Crippen molar-refractivity contribution in [1.82, 2.24) is 4.57 Å². The van der Waals surface area contributed by atoms with Crippen LogP contribution in [-0.2, 0) is 14.6 Å². The van der Waals surface area contributed by atoms with Crippen LogP contribution in [0.2, 0.25) is 0 Å². The van der Waals surface area contributed by atoms with Crippen LogP contribution in [0.15, 0.2) is 24.3 Å². The number of non-ortho nitro benzene ring substituents is 1. The largest absolute Gasteiger partial charge is 0.454 e. The van der Waals surface area contributed by atoms with Gasteiger partial charge in [-0.25, -0.2) is 13.2 Å². The zero-order chi connectivity index (χ0) is 24.6. The normalized spacial score (nSPS) is 19.4. The van der Waals surface area contributed by atoms with Gasteiger partial charge in [-0.05, 0) is 45.2 Å². The first-order valence-corrected chi connectivity index (χ1v) is 13.0. The lowest BCUT2D eigenvalue weighted by atomic mass is 10.1. The Morgan fingerprint density at radius 2 is 1.85 bits per heavy atom. The summed E-state index contributed by atoms with van der Waals surface area (Å²) in [5.41, 5.74) is 2.16. The summed E-state index contributed by atoms with van der Waals surface area (Å²) in [4.78, 5) is 38.4. The number of aromatic nitrogens is 1. The third-order valence-electron chi connectivity index (χ3n) is 6.55. The maximum atomic E-state index is 12.9. The highest BCUT2D eigenvalue weighted by Crippen LogP contribution is 2.31. The molecule has 0 bridgehead atoms. The molecule has 10 nitrogen and oxygen atoms in total. The molecule has 2 fully saturated rings. The fourth-order valence-electron chi connectivity index (χ4n) is 4.92. The van der Waals surface area contributed by atoms with Crippen LogP contribution >= 0.6 is 0 Å². The highest BCUT2D eigenvalue weighted by atomic mass is 32.2. The van der Waals surface area contributed by atoms with Gasteiger partial charge in [0.2, 0.25) is 5.78 Å². The smallest absolute Gasteiger partial charge is 0.340 e. The lowest BCUT2D eigenvalue weighted by Crippen LogP contribution is -2.22. The van der Waals surface area contributed by atoms with E-state index in [2.05, 4.69) is 0 Å². The molecule has 1 unspecified atom stereocenters. The number of hydrogen-bond acceptors (Lipinski definition) is 8. The molecule has 2 aromatic rings. The molecular weight excluding hydrogens is 462 g/mol. The van der Waals surface area contributed by atoms with E-state index in [0.29, 0.717) is 23.4 Å². The van der Waals surface area contributed by atoms with Gasteiger partial charge in [0, 0.05) is 48.2 Å². The van der Waals surface area contributed by atoms with Crippen molar-refractivity contribution in [3.63, 3.8) is 0 Å². The van der Waals surface area contributed by atoms with Crippen molar-refractivity contribution in [1.29, 1.82) is 0 Å². The molecule has 2 aliphatic heterocycles. The summed E-state index contributed by atoms with van der Waals surface area (Å²) in [6, 6.07) is 5.55. The van der Waals surface area contributed by atoms with E-state index in [1.54, 1.807) is 19.1 Å². The lowest BCUT2D eigenvalue weighted by Gasteiger charge is -2.20. The first-order chi connectivity index (χ1) is 16.1. The predicted octanol–water partition coefficient (Wildman–Crippen LogP) is 3.01. The minimum absolute atomic E-state index is 0.0397. The first-order valence-electron chi connectivity index (χ1n) is 11.2. The van der Waals surface area contributed by atoms with E-state index in [9.17, 15) is 28.1 Å². The number of nitrogens with zero attached hydrogens (tertiary/aromatic N) is 3. The van der Waals surface area contributed by atoms with Gasteiger partial charge in [-0.2, -0.15) is 0 Å². The molecule has 1 aromatic carbocycles. The molecule has 11 heteroatoms. The second-order valence-electron chi connectivity index (χ2n) is 8.86. The standard InChI is InChI=1S/C23H27N3O7S/c1-15-11-19(16(2)25(15)18-7-10-34(31,32)14-18)22(27)13-33-23(28)20-12-17(26(29)30)5-6-21(20)24-8-3-4-9-24/h5-6,11-12,18H,3-4,7-10,13-14H2,1-2H3. The van der Waals surface area contributed by atoms with Gasteiger partial charge in [0.05, 0.1) is 27.7 Å². The van der Waals surface area contributed by atoms with E-state index in [-0.39, 0.29) is 28.8 Å². The van der Waals surface area contributed by atoms with Gasteiger partial charge in [-0.1, -0.05) is 0 Å². The Labute approximate surface area is 197 Å². The molecule has 4 rings (SSSR count). The quantitative estimate of drug-likeness (QED) is 0.251. The Morgan fingerprint density at radius 1 is 1.15 bits per heavy atom. The molecule has 2 saturated heterocycles.